The minimum Gasteiger partial charge on any atom is -0.347 e. The van der Waals surface area contributed by atoms with Gasteiger partial charge >= 0.3 is 0 Å². The van der Waals surface area contributed by atoms with E-state index in [0.29, 0.717) is 0 Å². The quantitative estimate of drug-likeness (QED) is 0.560. The highest BCUT2D eigenvalue weighted by Gasteiger charge is 2.49. The number of aromatic nitrogens is 1. The van der Waals surface area contributed by atoms with E-state index < -0.39 is 0 Å². The molecule has 0 radical (unpaired) electrons. The molecule has 2 atom stereocenters. The first-order valence-electron chi connectivity index (χ1n) is 8.94. The van der Waals surface area contributed by atoms with E-state index in [1.807, 2.05) is 0 Å². The Bertz CT molecular complexity index is 833. The number of aryl methyl sites for hydroxylation is 1. The summed E-state index contributed by atoms with van der Waals surface area (Å²) in [5.41, 5.74) is 8.03. The third kappa shape index (κ3) is 2.12. The summed E-state index contributed by atoms with van der Waals surface area (Å²) in [5.74, 6) is 1.53. The van der Waals surface area contributed by atoms with Gasteiger partial charge in [0.25, 0.3) is 0 Å². The molecule has 2 aliphatic carbocycles. The van der Waals surface area contributed by atoms with Crippen molar-refractivity contribution in [2.45, 2.75) is 59.3 Å². The van der Waals surface area contributed by atoms with Crippen LogP contribution in [0.2, 0.25) is 0 Å². The molecular weight excluding hydrogens is 278 g/mol. The minimum atomic E-state index is 0.199. The smallest absolute Gasteiger partial charge is 0.0486 e. The fraction of sp³-hybridized carbons (Fsp3) is 0.545. The molecular formula is C22H29N. The lowest BCUT2D eigenvalue weighted by Gasteiger charge is -2.26. The number of fused-ring (bicyclic) bond motifs is 5. The van der Waals surface area contributed by atoms with Gasteiger partial charge in [-0.25, -0.2) is 0 Å². The topological polar surface area (TPSA) is 4.93 Å². The van der Waals surface area contributed by atoms with Crippen LogP contribution >= 0.6 is 0 Å². The van der Waals surface area contributed by atoms with Crippen molar-refractivity contribution in [3.05, 3.63) is 40.6 Å². The molecule has 1 nitrogen and oxygen atoms in total. The molecule has 2 aromatic rings. The Morgan fingerprint density at radius 2 is 1.65 bits per heavy atom. The maximum absolute atomic E-state index is 2.53. The molecule has 2 aliphatic rings. The number of allylic oxidation sites excluding steroid dienone is 1. The zero-order valence-electron chi connectivity index (χ0n) is 15.6. The molecule has 0 aliphatic heterocycles. The van der Waals surface area contributed by atoms with E-state index in [1.165, 1.54) is 28.5 Å². The molecule has 1 saturated carbocycles. The van der Waals surface area contributed by atoms with Gasteiger partial charge in [-0.3, -0.25) is 0 Å². The van der Waals surface area contributed by atoms with Crippen molar-refractivity contribution in [3.8, 4) is 0 Å². The summed E-state index contributed by atoms with van der Waals surface area (Å²) in [6.45, 7) is 14.0. The van der Waals surface area contributed by atoms with E-state index in [9.17, 15) is 0 Å². The van der Waals surface area contributed by atoms with Crippen molar-refractivity contribution in [1.29, 1.82) is 0 Å². The van der Waals surface area contributed by atoms with Crippen molar-refractivity contribution in [1.82, 2.24) is 4.57 Å². The monoisotopic (exact) mass is 307 g/mol. The molecule has 4 rings (SSSR count). The van der Waals surface area contributed by atoms with E-state index in [2.05, 4.69) is 77.4 Å². The number of hydrogen-bond donors (Lipinski definition) is 0. The second-order valence-electron chi connectivity index (χ2n) is 9.64. The van der Waals surface area contributed by atoms with Gasteiger partial charge in [0.05, 0.1) is 0 Å². The second-order valence-corrected chi connectivity index (χ2v) is 9.64. The lowest BCUT2D eigenvalue weighted by Crippen LogP contribution is -2.14. The Kier molecular flexibility index (Phi) is 2.82. The molecule has 0 N–H and O–H groups in total. The van der Waals surface area contributed by atoms with Gasteiger partial charge in [-0.05, 0) is 40.9 Å². The fourth-order valence-electron chi connectivity index (χ4n) is 4.44. The Morgan fingerprint density at radius 3 is 2.26 bits per heavy atom. The zero-order chi connectivity index (χ0) is 16.7. The highest BCUT2D eigenvalue weighted by atomic mass is 15.0. The average molecular weight is 307 g/mol. The molecule has 1 fully saturated rings. The van der Waals surface area contributed by atoms with Crippen LogP contribution in [0.3, 0.4) is 0 Å². The number of hydrogen-bond acceptors (Lipinski definition) is 0. The molecule has 0 amide bonds. The molecule has 122 valence electrons. The Hall–Kier alpha value is -1.50. The minimum absolute atomic E-state index is 0.199. The van der Waals surface area contributed by atoms with Crippen molar-refractivity contribution in [2.75, 3.05) is 0 Å². The lowest BCUT2D eigenvalue weighted by atomic mass is 9.79. The van der Waals surface area contributed by atoms with Gasteiger partial charge in [0, 0.05) is 35.1 Å². The zero-order valence-corrected chi connectivity index (χ0v) is 15.6. The van der Waals surface area contributed by atoms with Crippen LogP contribution in [0.5, 0.6) is 0 Å². The Morgan fingerprint density at radius 1 is 0.957 bits per heavy atom. The van der Waals surface area contributed by atoms with Gasteiger partial charge in [0.1, 0.15) is 0 Å². The predicted molar refractivity (Wildman–Crippen MR) is 99.9 cm³/mol. The maximum Gasteiger partial charge on any atom is 0.0486 e. The van der Waals surface area contributed by atoms with E-state index in [0.717, 1.165) is 11.8 Å². The summed E-state index contributed by atoms with van der Waals surface area (Å²) in [4.78, 5) is 0. The Balaban J connectivity index is 2.00. The summed E-state index contributed by atoms with van der Waals surface area (Å²) in [6, 6.07) is 7.08. The molecule has 0 bridgehead atoms. The number of nitrogens with zero attached hydrogens (tertiary/aromatic N) is 1. The van der Waals surface area contributed by atoms with Crippen LogP contribution < -0.4 is 0 Å². The third-order valence-electron chi connectivity index (χ3n) is 5.86. The third-order valence-corrected chi connectivity index (χ3v) is 5.86. The molecule has 1 heteroatoms. The largest absolute Gasteiger partial charge is 0.347 e. The molecule has 0 saturated heterocycles. The van der Waals surface area contributed by atoms with Crippen LogP contribution in [0.4, 0.5) is 0 Å². The van der Waals surface area contributed by atoms with Crippen LogP contribution in [-0.4, -0.2) is 4.57 Å². The average Bonchev–Trinajstić information content (AvgIpc) is 3.17. The van der Waals surface area contributed by atoms with Crippen molar-refractivity contribution < 1.29 is 0 Å². The fourth-order valence-corrected chi connectivity index (χ4v) is 4.44. The summed E-state index contributed by atoms with van der Waals surface area (Å²) in [7, 11) is 2.25. The van der Waals surface area contributed by atoms with Crippen LogP contribution in [0.1, 0.15) is 70.7 Å². The molecule has 2 unspecified atom stereocenters. The summed E-state index contributed by atoms with van der Waals surface area (Å²) in [6.07, 6.45) is 3.87. The van der Waals surface area contributed by atoms with Gasteiger partial charge in [-0.15, -0.1) is 0 Å². The molecule has 1 aromatic carbocycles. The molecule has 1 aromatic heterocycles. The van der Waals surface area contributed by atoms with E-state index >= 15 is 0 Å². The SMILES string of the molecule is Cn1c2c(c3cc(C(C)(C)C)ccc31)C=C(C(C)(C)C)C1CC21. The maximum atomic E-state index is 2.53. The van der Waals surface area contributed by atoms with E-state index in [4.69, 9.17) is 0 Å². The summed E-state index contributed by atoms with van der Waals surface area (Å²) < 4.78 is 2.46. The molecule has 1 heterocycles. The van der Waals surface area contributed by atoms with Crippen molar-refractivity contribution >= 4 is 17.0 Å². The molecule has 23 heavy (non-hydrogen) atoms. The van der Waals surface area contributed by atoms with Gasteiger partial charge in [-0.1, -0.05) is 59.3 Å². The van der Waals surface area contributed by atoms with Gasteiger partial charge < -0.3 is 4.57 Å². The van der Waals surface area contributed by atoms with Gasteiger partial charge in [0.15, 0.2) is 0 Å². The van der Waals surface area contributed by atoms with Crippen molar-refractivity contribution in [3.63, 3.8) is 0 Å². The van der Waals surface area contributed by atoms with Crippen LogP contribution in [0.15, 0.2) is 23.8 Å². The first kappa shape index (κ1) is 15.1. The van der Waals surface area contributed by atoms with Crippen LogP contribution in [0.25, 0.3) is 17.0 Å². The number of benzene rings is 1. The van der Waals surface area contributed by atoms with Gasteiger partial charge in [-0.2, -0.15) is 0 Å². The highest BCUT2D eigenvalue weighted by molar-refractivity contribution is 5.94. The predicted octanol–water partition coefficient (Wildman–Crippen LogP) is 6.02. The van der Waals surface area contributed by atoms with E-state index in [-0.39, 0.29) is 10.8 Å². The normalized spacial score (nSPS) is 23.5. The highest BCUT2D eigenvalue weighted by Crippen LogP contribution is 2.61. The number of rotatable bonds is 0. The van der Waals surface area contributed by atoms with E-state index in [1.54, 1.807) is 11.3 Å². The Labute approximate surface area is 140 Å². The second kappa shape index (κ2) is 4.32. The van der Waals surface area contributed by atoms with Crippen LogP contribution in [0, 0.1) is 11.3 Å². The molecule has 0 spiro atoms. The first-order valence-corrected chi connectivity index (χ1v) is 8.94. The van der Waals surface area contributed by atoms with Gasteiger partial charge in [0.2, 0.25) is 0 Å². The van der Waals surface area contributed by atoms with Crippen LogP contribution in [-0.2, 0) is 12.5 Å². The first-order chi connectivity index (χ1) is 10.6. The van der Waals surface area contributed by atoms with Crippen molar-refractivity contribution in [2.24, 2.45) is 18.4 Å². The lowest BCUT2D eigenvalue weighted by molar-refractivity contribution is 0.474. The summed E-state index contributed by atoms with van der Waals surface area (Å²) >= 11 is 0. The summed E-state index contributed by atoms with van der Waals surface area (Å²) in [5, 5.41) is 1.45. The standard InChI is InChI=1S/C22H29N/c1-21(2,3)13-8-9-19-15(10-13)17-12-18(22(4,5)6)14-11-16(14)20(17)23(19)7/h8-10,12,14,16H,11H2,1-7H3.